The highest BCUT2D eigenvalue weighted by molar-refractivity contribution is 6.78. The monoisotopic (exact) mass is 441 g/mol. The molecule has 0 aliphatic carbocycles. The van der Waals surface area contributed by atoms with E-state index < -0.39 is 14.4 Å². The Hall–Kier alpha value is -0.353. The van der Waals surface area contributed by atoms with Crippen LogP contribution < -0.4 is 5.73 Å². The summed E-state index contributed by atoms with van der Waals surface area (Å²) in [5.74, 6) is -0.291. The van der Waals surface area contributed by atoms with Gasteiger partial charge >= 0.3 is 0 Å². The fraction of sp³-hybridized carbons (Fsp3) is 0.962. The van der Waals surface area contributed by atoms with Crippen LogP contribution >= 0.6 is 0 Å². The lowest BCUT2D eigenvalue weighted by Gasteiger charge is -2.49. The van der Waals surface area contributed by atoms with Crippen molar-refractivity contribution in [2.24, 2.45) is 5.73 Å². The molecule has 0 rings (SSSR count). The van der Waals surface area contributed by atoms with Crippen molar-refractivity contribution in [3.8, 4) is 0 Å². The van der Waals surface area contributed by atoms with E-state index in [0.29, 0.717) is 0 Å². The third-order valence-corrected chi connectivity index (χ3v) is 13.6. The molecule has 1 amide bonds. The van der Waals surface area contributed by atoms with Crippen molar-refractivity contribution < 1.29 is 9.22 Å². The second-order valence-electron chi connectivity index (χ2n) is 11.6. The van der Waals surface area contributed by atoms with Crippen LogP contribution in [0.15, 0.2) is 0 Å². The van der Waals surface area contributed by atoms with E-state index in [1.54, 1.807) is 0 Å². The SMILES string of the molecule is CCCCCCCCCCCCCCCC(O[Si](C)(C(C)(C)C)C(C)(C)C)C(N)=O. The van der Waals surface area contributed by atoms with Crippen molar-refractivity contribution in [3.05, 3.63) is 0 Å². The summed E-state index contributed by atoms with van der Waals surface area (Å²) in [6, 6.07) is 0. The largest absolute Gasteiger partial charge is 0.404 e. The average molecular weight is 442 g/mol. The molecular weight excluding hydrogens is 386 g/mol. The summed E-state index contributed by atoms with van der Waals surface area (Å²) >= 11 is 0. The topological polar surface area (TPSA) is 52.3 Å². The molecule has 0 aliphatic heterocycles. The molecule has 0 aliphatic rings. The standard InChI is InChI=1S/C26H55NO2Si/c1-9-10-11-12-13-14-15-16-17-18-19-20-21-22-23(24(27)28)29-30(8,25(2,3)4)26(5,6)7/h23H,9-22H2,1-8H3,(H2,27,28). The number of amides is 1. The van der Waals surface area contributed by atoms with Gasteiger partial charge in [-0.05, 0) is 23.0 Å². The molecule has 2 N–H and O–H groups in total. The van der Waals surface area contributed by atoms with Crippen LogP contribution in [0, 0.1) is 0 Å². The Labute approximate surface area is 190 Å². The minimum absolute atomic E-state index is 0.0505. The average Bonchev–Trinajstić information content (AvgIpc) is 2.62. The molecule has 0 aromatic heterocycles. The van der Waals surface area contributed by atoms with Crippen molar-refractivity contribution in [1.29, 1.82) is 0 Å². The van der Waals surface area contributed by atoms with E-state index in [0.717, 1.165) is 12.8 Å². The molecule has 0 spiro atoms. The normalized spacial score (nSPS) is 14.1. The van der Waals surface area contributed by atoms with Crippen molar-refractivity contribution in [1.82, 2.24) is 0 Å². The highest BCUT2D eigenvalue weighted by Gasteiger charge is 2.52. The first-order valence-corrected chi connectivity index (χ1v) is 15.2. The summed E-state index contributed by atoms with van der Waals surface area (Å²) in [7, 11) is -2.18. The Bertz CT molecular complexity index is 437. The van der Waals surface area contributed by atoms with Gasteiger partial charge in [0.25, 0.3) is 0 Å². The van der Waals surface area contributed by atoms with E-state index in [1.807, 2.05) is 0 Å². The zero-order chi connectivity index (χ0) is 23.3. The van der Waals surface area contributed by atoms with Gasteiger partial charge in [-0.25, -0.2) is 0 Å². The number of hydrogen-bond donors (Lipinski definition) is 1. The van der Waals surface area contributed by atoms with Gasteiger partial charge in [0, 0.05) is 0 Å². The van der Waals surface area contributed by atoms with Crippen LogP contribution in [0.1, 0.15) is 138 Å². The maximum Gasteiger partial charge on any atom is 0.245 e. The summed E-state index contributed by atoms with van der Waals surface area (Å²) in [6.07, 6.45) is 17.6. The first-order valence-electron chi connectivity index (χ1n) is 12.8. The van der Waals surface area contributed by atoms with Gasteiger partial charge in [-0.1, -0.05) is 132 Å². The molecule has 0 aromatic rings. The van der Waals surface area contributed by atoms with Gasteiger partial charge in [-0.2, -0.15) is 0 Å². The highest BCUT2D eigenvalue weighted by atomic mass is 28.4. The van der Waals surface area contributed by atoms with E-state index in [9.17, 15) is 4.79 Å². The fourth-order valence-corrected chi connectivity index (χ4v) is 8.13. The maximum atomic E-state index is 12.1. The number of hydrogen-bond acceptors (Lipinski definition) is 2. The van der Waals surface area contributed by atoms with Gasteiger partial charge in [0.05, 0.1) is 0 Å². The second-order valence-corrected chi connectivity index (χ2v) is 16.9. The van der Waals surface area contributed by atoms with Crippen molar-refractivity contribution in [3.63, 3.8) is 0 Å². The Morgan fingerprint density at radius 3 is 1.37 bits per heavy atom. The molecule has 0 radical (unpaired) electrons. The third-order valence-electron chi connectivity index (χ3n) is 7.13. The van der Waals surface area contributed by atoms with Crippen LogP contribution in [0.3, 0.4) is 0 Å². The molecule has 0 saturated carbocycles. The van der Waals surface area contributed by atoms with E-state index in [1.165, 1.54) is 77.0 Å². The molecule has 0 fully saturated rings. The van der Waals surface area contributed by atoms with Crippen LogP contribution in [0.2, 0.25) is 16.6 Å². The van der Waals surface area contributed by atoms with Gasteiger partial charge in [0.2, 0.25) is 14.2 Å². The molecule has 0 aromatic carbocycles. The van der Waals surface area contributed by atoms with Crippen molar-refractivity contribution in [2.45, 2.75) is 161 Å². The lowest BCUT2D eigenvalue weighted by atomic mass is 10.0. The lowest BCUT2D eigenvalue weighted by molar-refractivity contribution is -0.125. The third kappa shape index (κ3) is 11.3. The maximum absolute atomic E-state index is 12.1. The molecule has 0 heterocycles. The van der Waals surface area contributed by atoms with Crippen LogP contribution in [0.25, 0.3) is 0 Å². The predicted octanol–water partition coefficient (Wildman–Crippen LogP) is 8.51. The predicted molar refractivity (Wildman–Crippen MR) is 135 cm³/mol. The van der Waals surface area contributed by atoms with Gasteiger partial charge in [0.15, 0.2) is 0 Å². The van der Waals surface area contributed by atoms with Crippen LogP contribution in [-0.2, 0) is 9.22 Å². The van der Waals surface area contributed by atoms with Crippen molar-refractivity contribution in [2.75, 3.05) is 0 Å². The minimum atomic E-state index is -2.18. The molecule has 180 valence electrons. The van der Waals surface area contributed by atoms with Crippen LogP contribution in [0.5, 0.6) is 0 Å². The number of carbonyl (C=O) groups excluding carboxylic acids is 1. The van der Waals surface area contributed by atoms with E-state index in [-0.39, 0.29) is 16.0 Å². The lowest BCUT2D eigenvalue weighted by Crippen LogP contribution is -2.55. The first kappa shape index (κ1) is 29.6. The van der Waals surface area contributed by atoms with Crippen molar-refractivity contribution >= 4 is 14.2 Å². The smallest absolute Gasteiger partial charge is 0.245 e. The molecule has 4 heteroatoms. The number of carbonyl (C=O) groups is 1. The van der Waals surface area contributed by atoms with Gasteiger partial charge in [0.1, 0.15) is 6.10 Å². The molecule has 3 nitrogen and oxygen atoms in total. The Morgan fingerprint density at radius 2 is 1.07 bits per heavy atom. The quantitative estimate of drug-likeness (QED) is 0.182. The number of nitrogens with two attached hydrogens (primary N) is 1. The highest BCUT2D eigenvalue weighted by Crippen LogP contribution is 2.52. The van der Waals surface area contributed by atoms with Gasteiger partial charge in [-0.15, -0.1) is 0 Å². The molecule has 1 unspecified atom stereocenters. The van der Waals surface area contributed by atoms with E-state index in [4.69, 9.17) is 10.2 Å². The van der Waals surface area contributed by atoms with Crippen LogP contribution in [0.4, 0.5) is 0 Å². The summed E-state index contributed by atoms with van der Waals surface area (Å²) in [4.78, 5) is 12.1. The molecular formula is C26H55NO2Si. The Morgan fingerprint density at radius 1 is 0.733 bits per heavy atom. The first-order chi connectivity index (χ1) is 13.9. The number of unbranched alkanes of at least 4 members (excludes halogenated alkanes) is 12. The molecule has 30 heavy (non-hydrogen) atoms. The van der Waals surface area contributed by atoms with E-state index in [2.05, 4.69) is 55.0 Å². The second kappa shape index (κ2) is 14.7. The van der Waals surface area contributed by atoms with Gasteiger partial charge < -0.3 is 10.2 Å². The summed E-state index contributed by atoms with van der Waals surface area (Å²) in [5, 5.41) is 0.101. The summed E-state index contributed by atoms with van der Waals surface area (Å²) < 4.78 is 6.60. The number of rotatable bonds is 17. The summed E-state index contributed by atoms with van der Waals surface area (Å²) in [5.41, 5.74) is 5.74. The Kier molecular flexibility index (Phi) is 14.5. The minimum Gasteiger partial charge on any atom is -0.404 e. The molecule has 1 atom stereocenters. The Balaban J connectivity index is 4.12. The molecule has 0 saturated heterocycles. The van der Waals surface area contributed by atoms with Gasteiger partial charge in [-0.3, -0.25) is 4.79 Å². The zero-order valence-corrected chi connectivity index (χ0v) is 22.9. The zero-order valence-electron chi connectivity index (χ0n) is 21.9. The number of primary amides is 1. The van der Waals surface area contributed by atoms with Crippen LogP contribution in [-0.4, -0.2) is 20.3 Å². The van der Waals surface area contributed by atoms with E-state index >= 15 is 0 Å². The fourth-order valence-electron chi connectivity index (χ4n) is 4.37. The molecule has 0 bridgehead atoms. The summed E-state index contributed by atoms with van der Waals surface area (Å²) in [6.45, 7) is 18.0.